The third kappa shape index (κ3) is 6.67. The lowest BCUT2D eigenvalue weighted by Gasteiger charge is -2.15. The van der Waals surface area contributed by atoms with Crippen LogP contribution in [0.1, 0.15) is 87.5 Å². The summed E-state index contributed by atoms with van der Waals surface area (Å²) in [5.41, 5.74) is 5.29. The van der Waals surface area contributed by atoms with Crippen LogP contribution in [0.15, 0.2) is 61.7 Å². The molecule has 0 aliphatic heterocycles. The van der Waals surface area contributed by atoms with E-state index >= 15 is 0 Å². The summed E-state index contributed by atoms with van der Waals surface area (Å²) in [7, 11) is 0. The van der Waals surface area contributed by atoms with Crippen LogP contribution in [0.25, 0.3) is 12.2 Å². The third-order valence-electron chi connectivity index (χ3n) is 4.94. The second kappa shape index (κ2) is 12.3. The first-order valence-electron chi connectivity index (χ1n) is 10.0. The summed E-state index contributed by atoms with van der Waals surface area (Å²) in [6.07, 6.45) is 8.86. The first-order valence-corrected chi connectivity index (χ1v) is 10.0. The molecule has 2 unspecified atom stereocenters. The zero-order chi connectivity index (χ0) is 19.4. The smallest absolute Gasteiger partial charge is 0.0155 e. The Morgan fingerprint density at radius 2 is 1.38 bits per heavy atom. The molecule has 0 nitrogen and oxygen atoms in total. The maximum absolute atomic E-state index is 3.89. The van der Waals surface area contributed by atoms with E-state index in [1.54, 1.807) is 0 Å². The Kier molecular flexibility index (Phi) is 10.4. The lowest BCUT2D eigenvalue weighted by molar-refractivity contribution is 0.664. The minimum atomic E-state index is 0.600. The van der Waals surface area contributed by atoms with Crippen molar-refractivity contribution in [1.29, 1.82) is 0 Å². The molecule has 0 spiro atoms. The Hall–Kier alpha value is -2.08. The van der Waals surface area contributed by atoms with Gasteiger partial charge in [0.05, 0.1) is 0 Å². The van der Waals surface area contributed by atoms with Crippen LogP contribution in [0.2, 0.25) is 0 Å². The molecule has 0 bridgehead atoms. The van der Waals surface area contributed by atoms with Crippen molar-refractivity contribution in [1.82, 2.24) is 0 Å². The lowest BCUT2D eigenvalue weighted by Crippen LogP contribution is -1.97. The molecule has 0 radical (unpaired) electrons. The first-order chi connectivity index (χ1) is 12.6. The van der Waals surface area contributed by atoms with E-state index < -0.39 is 0 Å². The van der Waals surface area contributed by atoms with Crippen LogP contribution < -0.4 is 0 Å². The van der Waals surface area contributed by atoms with Crippen molar-refractivity contribution in [2.24, 2.45) is 0 Å². The molecule has 0 N–H and O–H groups in total. The molecule has 2 aromatic carbocycles. The van der Waals surface area contributed by atoms with E-state index in [9.17, 15) is 0 Å². The van der Waals surface area contributed by atoms with Gasteiger partial charge in [-0.15, -0.1) is 0 Å². The van der Waals surface area contributed by atoms with Gasteiger partial charge in [-0.1, -0.05) is 114 Å². The zero-order valence-electron chi connectivity index (χ0n) is 17.2. The highest BCUT2D eigenvalue weighted by Crippen LogP contribution is 2.27. The molecule has 0 aliphatic carbocycles. The van der Waals surface area contributed by atoms with Gasteiger partial charge in [0.25, 0.3) is 0 Å². The Labute approximate surface area is 161 Å². The molecule has 0 aromatic heterocycles. The molecule has 140 valence electrons. The molecular formula is C26H36. The minimum Gasteiger partial charge on any atom is -0.0984 e. The summed E-state index contributed by atoms with van der Waals surface area (Å²) < 4.78 is 0. The normalized spacial score (nSPS) is 12.5. The van der Waals surface area contributed by atoms with E-state index in [0.29, 0.717) is 5.92 Å². The van der Waals surface area contributed by atoms with E-state index in [4.69, 9.17) is 0 Å². The number of hydrogen-bond acceptors (Lipinski definition) is 0. The summed E-state index contributed by atoms with van der Waals surface area (Å²) in [6.45, 7) is 16.8. The van der Waals surface area contributed by atoms with Gasteiger partial charge in [0, 0.05) is 0 Å². The molecule has 0 saturated heterocycles. The maximum atomic E-state index is 3.89. The highest BCUT2D eigenvalue weighted by atomic mass is 14.1. The Bertz CT molecular complexity index is 651. The van der Waals surface area contributed by atoms with Crippen LogP contribution in [0.5, 0.6) is 0 Å². The van der Waals surface area contributed by atoms with Crippen LogP contribution in [-0.2, 0) is 0 Å². The average molecular weight is 349 g/mol. The quantitative estimate of drug-likeness (QED) is 0.448. The maximum Gasteiger partial charge on any atom is -0.0155 e. The second-order valence-electron chi connectivity index (χ2n) is 7.05. The average Bonchev–Trinajstić information content (AvgIpc) is 2.68. The van der Waals surface area contributed by atoms with Crippen molar-refractivity contribution in [3.63, 3.8) is 0 Å². The predicted molar refractivity (Wildman–Crippen MR) is 120 cm³/mol. The van der Waals surface area contributed by atoms with E-state index in [-0.39, 0.29) is 0 Å². The van der Waals surface area contributed by atoms with E-state index in [1.165, 1.54) is 47.9 Å². The summed E-state index contributed by atoms with van der Waals surface area (Å²) in [5, 5.41) is 0. The lowest BCUT2D eigenvalue weighted by atomic mass is 9.89. The van der Waals surface area contributed by atoms with E-state index in [1.807, 2.05) is 12.2 Å². The van der Waals surface area contributed by atoms with Gasteiger partial charge in [0.15, 0.2) is 0 Å². The topological polar surface area (TPSA) is 0 Å². The fraction of sp³-hybridized carbons (Fsp3) is 0.385. The Morgan fingerprint density at radius 3 is 1.92 bits per heavy atom. The van der Waals surface area contributed by atoms with E-state index in [2.05, 4.69) is 89.4 Å². The molecule has 2 aromatic rings. The molecule has 2 atom stereocenters. The molecule has 0 fully saturated rings. The number of rotatable bonds is 8. The zero-order valence-corrected chi connectivity index (χ0v) is 17.2. The van der Waals surface area contributed by atoms with Gasteiger partial charge in [-0.2, -0.15) is 0 Å². The molecular weight excluding hydrogens is 312 g/mol. The van der Waals surface area contributed by atoms with Gasteiger partial charge in [-0.3, -0.25) is 0 Å². The van der Waals surface area contributed by atoms with Gasteiger partial charge >= 0.3 is 0 Å². The van der Waals surface area contributed by atoms with Gasteiger partial charge in [0.1, 0.15) is 0 Å². The molecule has 26 heavy (non-hydrogen) atoms. The summed E-state index contributed by atoms with van der Waals surface area (Å²) in [5.74, 6) is 1.32. The van der Waals surface area contributed by atoms with Gasteiger partial charge in [0.2, 0.25) is 0 Å². The van der Waals surface area contributed by atoms with Gasteiger partial charge in [-0.25, -0.2) is 0 Å². The monoisotopic (exact) mass is 348 g/mol. The highest BCUT2D eigenvalue weighted by molar-refractivity contribution is 5.66. The van der Waals surface area contributed by atoms with Crippen LogP contribution in [0.3, 0.4) is 0 Å². The molecule has 0 saturated carbocycles. The highest BCUT2D eigenvalue weighted by Gasteiger charge is 2.09. The van der Waals surface area contributed by atoms with Crippen LogP contribution in [0.4, 0.5) is 0 Å². The van der Waals surface area contributed by atoms with Crippen molar-refractivity contribution in [2.75, 3.05) is 0 Å². The molecule has 0 amide bonds. The molecule has 2 rings (SSSR count). The Balaban J connectivity index is 0.000000273. The summed E-state index contributed by atoms with van der Waals surface area (Å²) in [4.78, 5) is 0. The van der Waals surface area contributed by atoms with Crippen molar-refractivity contribution >= 4 is 12.2 Å². The summed E-state index contributed by atoms with van der Waals surface area (Å²) in [6, 6.07) is 17.1. The van der Waals surface area contributed by atoms with E-state index in [0.717, 1.165) is 5.92 Å². The van der Waals surface area contributed by atoms with Gasteiger partial charge < -0.3 is 0 Å². The fourth-order valence-corrected chi connectivity index (χ4v) is 3.41. The third-order valence-corrected chi connectivity index (χ3v) is 4.94. The predicted octanol–water partition coefficient (Wildman–Crippen LogP) is 8.47. The fourth-order valence-electron chi connectivity index (χ4n) is 3.41. The molecule has 0 heterocycles. The van der Waals surface area contributed by atoms with Crippen molar-refractivity contribution < 1.29 is 0 Å². The van der Waals surface area contributed by atoms with Crippen molar-refractivity contribution in [3.8, 4) is 0 Å². The van der Waals surface area contributed by atoms with Crippen LogP contribution >= 0.6 is 0 Å². The van der Waals surface area contributed by atoms with Crippen LogP contribution in [0, 0.1) is 0 Å². The Morgan fingerprint density at radius 1 is 0.769 bits per heavy atom. The number of benzene rings is 2. The minimum absolute atomic E-state index is 0.600. The largest absolute Gasteiger partial charge is 0.0984 e. The van der Waals surface area contributed by atoms with Crippen molar-refractivity contribution in [3.05, 3.63) is 83.9 Å². The first kappa shape index (κ1) is 22.0. The standard InChI is InChI=1S/C15H20.C11H16/c1-5-9-12(4)15-11-8-10-13(6-2)14(15)7-3;1-3-7-10(2)11-8-5-4-6-9-11/h6-8,10-12H,2-3,5,9H2,1,4H3;4-6,8-10H,3,7H2,1-2H3. The van der Waals surface area contributed by atoms with Crippen molar-refractivity contribution in [2.45, 2.75) is 65.2 Å². The molecule has 0 heteroatoms. The van der Waals surface area contributed by atoms with Crippen LogP contribution in [-0.4, -0.2) is 0 Å². The SMILES string of the molecule is C=Cc1cccc(C(C)CCC)c1C=C.CCCC(C)c1ccccc1. The summed E-state index contributed by atoms with van der Waals surface area (Å²) >= 11 is 0. The second-order valence-corrected chi connectivity index (χ2v) is 7.05. The molecule has 0 aliphatic rings. The van der Waals surface area contributed by atoms with Gasteiger partial charge in [-0.05, 0) is 46.9 Å². The number of hydrogen-bond donors (Lipinski definition) is 0.